The van der Waals surface area contributed by atoms with Crippen LogP contribution in [0.2, 0.25) is 0 Å². The minimum atomic E-state index is -4.69. The molecule has 4 rings (SSSR count). The number of pyridine rings is 1. The fraction of sp³-hybridized carbons (Fsp3) is 0.583. The number of aryl methyl sites for hydroxylation is 2. The summed E-state index contributed by atoms with van der Waals surface area (Å²) in [6.07, 6.45) is 3.76. The molecule has 3 N–H and O–H groups in total. The van der Waals surface area contributed by atoms with Gasteiger partial charge in [0.05, 0.1) is 0 Å². The summed E-state index contributed by atoms with van der Waals surface area (Å²) in [4.78, 5) is 25.4. The molecule has 0 unspecified atom stereocenters. The van der Waals surface area contributed by atoms with E-state index in [-0.39, 0.29) is 12.2 Å². The van der Waals surface area contributed by atoms with E-state index in [0.717, 1.165) is 75.7 Å². The second-order valence-electron chi connectivity index (χ2n) is 9.15. The van der Waals surface area contributed by atoms with Crippen molar-refractivity contribution in [2.24, 2.45) is 0 Å². The predicted octanol–water partition coefficient (Wildman–Crippen LogP) is 3.99. The summed E-state index contributed by atoms with van der Waals surface area (Å²) in [7, 11) is 0. The molecule has 35 heavy (non-hydrogen) atoms. The summed E-state index contributed by atoms with van der Waals surface area (Å²) >= 11 is 0. The maximum Gasteiger partial charge on any atom is 0.451 e. The number of halogens is 3. The number of unbranched alkanes of at least 4 members (excludes halogenated alkanes) is 1. The zero-order valence-corrected chi connectivity index (χ0v) is 19.5. The molecule has 0 saturated heterocycles. The molecule has 8 nitrogen and oxygen atoms in total. The Hall–Kier alpha value is -2.95. The van der Waals surface area contributed by atoms with Gasteiger partial charge in [-0.15, -0.1) is 0 Å². The maximum atomic E-state index is 12.9. The van der Waals surface area contributed by atoms with E-state index in [1.54, 1.807) is 0 Å². The first-order chi connectivity index (χ1) is 16.8. The van der Waals surface area contributed by atoms with Gasteiger partial charge in [-0.25, -0.2) is 19.7 Å². The Morgan fingerprint density at radius 1 is 1.20 bits per heavy atom. The van der Waals surface area contributed by atoms with Crippen molar-refractivity contribution in [2.75, 3.05) is 30.3 Å². The molecule has 190 valence electrons. The van der Waals surface area contributed by atoms with Crippen LogP contribution in [0.15, 0.2) is 24.4 Å². The number of hydrogen-bond donors (Lipinski definition) is 3. The number of aromatic nitrogens is 3. The minimum Gasteiger partial charge on any atom is -0.480 e. The van der Waals surface area contributed by atoms with Crippen LogP contribution in [0.4, 0.5) is 24.8 Å². The van der Waals surface area contributed by atoms with Crippen molar-refractivity contribution in [3.05, 3.63) is 41.5 Å². The molecule has 2 aromatic heterocycles. The molecule has 0 bridgehead atoms. The standard InChI is InChI=1S/C24H31F3N6O2/c25-24(26,27)23-29-13-10-20(32-23)31-19(22(34)35)11-15-33(18-8-9-18)14-2-1-5-17-7-6-16-4-3-12-28-21(16)30-17/h6-7,10,13,18-19H,1-5,8-9,11-12,14-15H2,(H,28,30)(H,34,35)(H,29,31,32)/t19-/m0/s1. The van der Waals surface area contributed by atoms with Gasteiger partial charge in [-0.3, -0.25) is 0 Å². The van der Waals surface area contributed by atoms with Crippen LogP contribution in [-0.2, 0) is 23.8 Å². The van der Waals surface area contributed by atoms with Crippen molar-refractivity contribution < 1.29 is 23.1 Å². The summed E-state index contributed by atoms with van der Waals surface area (Å²) in [6.45, 7) is 2.37. The topological polar surface area (TPSA) is 103 Å². The van der Waals surface area contributed by atoms with Gasteiger partial charge in [-0.1, -0.05) is 6.07 Å². The van der Waals surface area contributed by atoms with Crippen LogP contribution >= 0.6 is 0 Å². The highest BCUT2D eigenvalue weighted by atomic mass is 19.4. The van der Waals surface area contributed by atoms with Crippen LogP contribution in [0.3, 0.4) is 0 Å². The lowest BCUT2D eigenvalue weighted by Gasteiger charge is -2.24. The molecule has 1 aliphatic heterocycles. The minimum absolute atomic E-state index is 0.148. The molecule has 1 aliphatic carbocycles. The number of alkyl halides is 3. The molecule has 11 heteroatoms. The van der Waals surface area contributed by atoms with Crippen LogP contribution < -0.4 is 10.6 Å². The quantitative estimate of drug-likeness (QED) is 0.382. The Labute approximate surface area is 202 Å². The zero-order valence-electron chi connectivity index (χ0n) is 19.5. The number of carboxylic acid groups (broad SMARTS) is 1. The first-order valence-corrected chi connectivity index (χ1v) is 12.2. The first-order valence-electron chi connectivity index (χ1n) is 12.2. The monoisotopic (exact) mass is 492 g/mol. The van der Waals surface area contributed by atoms with Gasteiger partial charge in [0.15, 0.2) is 0 Å². The first kappa shape index (κ1) is 25.2. The summed E-state index contributed by atoms with van der Waals surface area (Å²) in [5, 5.41) is 15.6. The lowest BCUT2D eigenvalue weighted by atomic mass is 10.1. The number of nitrogens with zero attached hydrogens (tertiary/aromatic N) is 4. The van der Waals surface area contributed by atoms with Crippen molar-refractivity contribution in [2.45, 2.75) is 69.6 Å². The van der Waals surface area contributed by atoms with Crippen LogP contribution in [0, 0.1) is 0 Å². The summed E-state index contributed by atoms with van der Waals surface area (Å²) in [5.41, 5.74) is 2.35. The molecule has 1 saturated carbocycles. The molecule has 0 radical (unpaired) electrons. The number of carbonyl (C=O) groups is 1. The Morgan fingerprint density at radius 2 is 2.03 bits per heavy atom. The van der Waals surface area contributed by atoms with E-state index in [1.807, 2.05) is 0 Å². The Bertz CT molecular complexity index is 1010. The van der Waals surface area contributed by atoms with Gasteiger partial charge in [0, 0.05) is 31.0 Å². The van der Waals surface area contributed by atoms with Crippen LogP contribution in [0.5, 0.6) is 0 Å². The van der Waals surface area contributed by atoms with Crippen molar-refractivity contribution in [3.8, 4) is 0 Å². The van der Waals surface area contributed by atoms with Gasteiger partial charge < -0.3 is 20.6 Å². The van der Waals surface area contributed by atoms with Crippen molar-refractivity contribution in [1.82, 2.24) is 19.9 Å². The average molecular weight is 493 g/mol. The summed E-state index contributed by atoms with van der Waals surface area (Å²) in [5.74, 6) is -1.56. The number of fused-ring (bicyclic) bond motifs is 1. The van der Waals surface area contributed by atoms with Gasteiger partial charge >= 0.3 is 12.1 Å². The molecule has 0 aromatic carbocycles. The van der Waals surface area contributed by atoms with Crippen molar-refractivity contribution >= 4 is 17.6 Å². The average Bonchev–Trinajstić information content (AvgIpc) is 3.67. The number of rotatable bonds is 12. The zero-order chi connectivity index (χ0) is 24.8. The number of nitrogens with one attached hydrogen (secondary N) is 2. The van der Waals surface area contributed by atoms with Crippen LogP contribution in [-0.4, -0.2) is 62.6 Å². The maximum absolute atomic E-state index is 12.9. The molecule has 0 amide bonds. The predicted molar refractivity (Wildman–Crippen MR) is 125 cm³/mol. The second-order valence-corrected chi connectivity index (χ2v) is 9.15. The third-order valence-electron chi connectivity index (χ3n) is 6.38. The molecular weight excluding hydrogens is 461 g/mol. The van der Waals surface area contributed by atoms with E-state index in [2.05, 4.69) is 37.6 Å². The van der Waals surface area contributed by atoms with Gasteiger partial charge in [0.1, 0.15) is 17.7 Å². The molecule has 1 fully saturated rings. The molecule has 2 aromatic rings. The molecule has 2 aliphatic rings. The number of aliphatic carboxylic acids is 1. The Kier molecular flexibility index (Phi) is 8.04. The van der Waals surface area contributed by atoms with E-state index in [0.29, 0.717) is 12.6 Å². The van der Waals surface area contributed by atoms with E-state index in [1.165, 1.54) is 11.6 Å². The smallest absolute Gasteiger partial charge is 0.451 e. The van der Waals surface area contributed by atoms with E-state index in [4.69, 9.17) is 4.98 Å². The lowest BCUT2D eigenvalue weighted by Crippen LogP contribution is -2.36. The van der Waals surface area contributed by atoms with Crippen LogP contribution in [0.1, 0.15) is 55.6 Å². The van der Waals surface area contributed by atoms with Gasteiger partial charge in [-0.2, -0.15) is 13.2 Å². The summed E-state index contributed by atoms with van der Waals surface area (Å²) < 4.78 is 38.6. The summed E-state index contributed by atoms with van der Waals surface area (Å²) in [6, 6.07) is 4.92. The van der Waals surface area contributed by atoms with Gasteiger partial charge in [-0.05, 0) is 75.6 Å². The van der Waals surface area contributed by atoms with E-state index >= 15 is 0 Å². The van der Waals surface area contributed by atoms with E-state index < -0.39 is 24.0 Å². The van der Waals surface area contributed by atoms with Crippen molar-refractivity contribution in [3.63, 3.8) is 0 Å². The van der Waals surface area contributed by atoms with Gasteiger partial charge in [0.2, 0.25) is 5.82 Å². The third-order valence-corrected chi connectivity index (χ3v) is 6.38. The molecule has 3 heterocycles. The van der Waals surface area contributed by atoms with E-state index in [9.17, 15) is 23.1 Å². The number of hydrogen-bond acceptors (Lipinski definition) is 7. The largest absolute Gasteiger partial charge is 0.480 e. The molecular formula is C24H31F3N6O2. The SMILES string of the molecule is O=C(O)[C@H](CCN(CCCCc1ccc2c(n1)NCCC2)C1CC1)Nc1ccnc(C(F)(F)F)n1. The van der Waals surface area contributed by atoms with Gasteiger partial charge in [0.25, 0.3) is 0 Å². The van der Waals surface area contributed by atoms with Crippen molar-refractivity contribution in [1.29, 1.82) is 0 Å². The Balaban J connectivity index is 1.26. The normalized spacial score (nSPS) is 16.5. The number of anilines is 2. The molecule has 1 atom stereocenters. The highest BCUT2D eigenvalue weighted by Gasteiger charge is 2.35. The number of carboxylic acids is 1. The second kappa shape index (κ2) is 11.2. The highest BCUT2D eigenvalue weighted by Crippen LogP contribution is 2.29. The third kappa shape index (κ3) is 7.27. The van der Waals surface area contributed by atoms with Crippen LogP contribution in [0.25, 0.3) is 0 Å². The lowest BCUT2D eigenvalue weighted by molar-refractivity contribution is -0.144. The molecule has 0 spiro atoms. The fourth-order valence-electron chi connectivity index (χ4n) is 4.35. The Morgan fingerprint density at radius 3 is 2.77 bits per heavy atom. The fourth-order valence-corrected chi connectivity index (χ4v) is 4.35. The highest BCUT2D eigenvalue weighted by molar-refractivity contribution is 5.76.